The van der Waals surface area contributed by atoms with E-state index in [1.165, 1.54) is 24.3 Å². The minimum Gasteiger partial charge on any atom is -0.492 e. The second kappa shape index (κ2) is 7.66. The Morgan fingerprint density at radius 2 is 1.97 bits per heavy atom. The van der Waals surface area contributed by atoms with Gasteiger partial charge >= 0.3 is 5.97 Å². The number of hydrazone groups is 1. The van der Waals surface area contributed by atoms with Crippen LogP contribution in [0.3, 0.4) is 0 Å². The number of anilines is 1. The highest BCUT2D eigenvalue weighted by atomic mass is 35.5. The number of hydrogen-bond donors (Lipinski definition) is 1. The van der Waals surface area contributed by atoms with E-state index in [0.717, 1.165) is 11.3 Å². The maximum absolute atomic E-state index is 13.6. The van der Waals surface area contributed by atoms with Crippen LogP contribution in [-0.4, -0.2) is 23.4 Å². The van der Waals surface area contributed by atoms with Gasteiger partial charge in [-0.05, 0) is 48.0 Å². The summed E-state index contributed by atoms with van der Waals surface area (Å²) in [6.45, 7) is 7.50. The Morgan fingerprint density at radius 1 is 1.19 bits per heavy atom. The van der Waals surface area contributed by atoms with Gasteiger partial charge in [0.1, 0.15) is 11.6 Å². The molecule has 0 aromatic heterocycles. The summed E-state index contributed by atoms with van der Waals surface area (Å²) in [5, 5.41) is 16.3. The molecule has 2 heterocycles. The Hall–Kier alpha value is -3.89. The van der Waals surface area contributed by atoms with Crippen molar-refractivity contribution in [1.82, 2.24) is 0 Å². The number of carboxylic acid groups (broad SMARTS) is 1. The predicted octanol–water partition coefficient (Wildman–Crippen LogP) is 5.70. The van der Waals surface area contributed by atoms with E-state index in [-0.39, 0.29) is 29.9 Å². The lowest BCUT2D eigenvalue weighted by atomic mass is 9.85. The monoisotopic (exact) mass is 447 g/mol. The Balaban J connectivity index is 1.64. The van der Waals surface area contributed by atoms with Gasteiger partial charge in [0.2, 0.25) is 5.69 Å². The number of carbonyl (C=O) groups is 1. The number of fused-ring (bicyclic) bond motifs is 3. The number of aromatic carboxylic acids is 1. The molecule has 0 saturated heterocycles. The van der Waals surface area contributed by atoms with Gasteiger partial charge in [-0.2, -0.15) is 5.10 Å². The average Bonchev–Trinajstić information content (AvgIpc) is 3.19. The maximum atomic E-state index is 13.6. The molecule has 3 aromatic rings. The van der Waals surface area contributed by atoms with Gasteiger partial charge in [-0.25, -0.2) is 14.0 Å². The lowest BCUT2D eigenvalue weighted by molar-refractivity contribution is 0.0696. The average molecular weight is 448 g/mol. The Morgan fingerprint density at radius 3 is 2.66 bits per heavy atom. The molecule has 2 aliphatic heterocycles. The molecule has 0 amide bonds. The molecule has 2 aliphatic rings. The van der Waals surface area contributed by atoms with Crippen LogP contribution in [0, 0.1) is 18.3 Å². The van der Waals surface area contributed by atoms with Crippen LogP contribution in [0.25, 0.3) is 4.85 Å². The van der Waals surface area contributed by atoms with Crippen molar-refractivity contribution in [3.8, 4) is 5.75 Å². The molecular weight excluding hydrogens is 433 g/mol. The molecule has 0 fully saturated rings. The van der Waals surface area contributed by atoms with Crippen LogP contribution in [0.5, 0.6) is 5.75 Å². The van der Waals surface area contributed by atoms with Crippen LogP contribution in [0.1, 0.15) is 27.5 Å². The van der Waals surface area contributed by atoms with Gasteiger partial charge in [0.05, 0.1) is 42.1 Å². The van der Waals surface area contributed by atoms with Gasteiger partial charge in [0.15, 0.2) is 0 Å². The number of benzene rings is 3. The minimum absolute atomic E-state index is 0.134. The molecule has 0 bridgehead atoms. The van der Waals surface area contributed by atoms with Crippen molar-refractivity contribution in [1.29, 1.82) is 0 Å². The molecule has 32 heavy (non-hydrogen) atoms. The van der Waals surface area contributed by atoms with Crippen LogP contribution in [-0.2, 0) is 0 Å². The van der Waals surface area contributed by atoms with E-state index in [1.54, 1.807) is 41.4 Å². The number of halogens is 2. The first kappa shape index (κ1) is 20.0. The Labute approximate surface area is 187 Å². The van der Waals surface area contributed by atoms with Crippen molar-refractivity contribution < 1.29 is 19.0 Å². The lowest BCUT2D eigenvalue weighted by Crippen LogP contribution is -2.33. The molecular formula is C24H15ClFN3O3. The number of hydrogen-bond acceptors (Lipinski definition) is 4. The van der Waals surface area contributed by atoms with Crippen LogP contribution < -0.4 is 9.75 Å². The van der Waals surface area contributed by atoms with E-state index >= 15 is 0 Å². The van der Waals surface area contributed by atoms with E-state index in [9.17, 15) is 14.3 Å². The van der Waals surface area contributed by atoms with Crippen molar-refractivity contribution in [2.45, 2.75) is 6.04 Å². The second-order valence-corrected chi connectivity index (χ2v) is 7.91. The quantitative estimate of drug-likeness (QED) is 0.523. The molecule has 0 aliphatic carbocycles. The van der Waals surface area contributed by atoms with E-state index < -0.39 is 5.97 Å². The second-order valence-electron chi connectivity index (χ2n) is 7.51. The van der Waals surface area contributed by atoms with E-state index in [1.807, 2.05) is 0 Å². The van der Waals surface area contributed by atoms with Crippen LogP contribution in [0.15, 0.2) is 65.8 Å². The van der Waals surface area contributed by atoms with Crippen LogP contribution >= 0.6 is 11.6 Å². The van der Waals surface area contributed by atoms with E-state index in [4.69, 9.17) is 28.0 Å². The van der Waals surface area contributed by atoms with Gasteiger partial charge < -0.3 is 9.84 Å². The largest absolute Gasteiger partial charge is 0.492 e. The summed E-state index contributed by atoms with van der Waals surface area (Å²) in [4.78, 5) is 14.7. The fourth-order valence-electron chi connectivity index (χ4n) is 4.14. The maximum Gasteiger partial charge on any atom is 0.335 e. The highest BCUT2D eigenvalue weighted by molar-refractivity contribution is 6.33. The number of nitrogens with zero attached hydrogens (tertiary/aromatic N) is 3. The molecule has 1 N–H and O–H groups in total. The lowest BCUT2D eigenvalue weighted by Gasteiger charge is -2.31. The third kappa shape index (κ3) is 3.26. The summed E-state index contributed by atoms with van der Waals surface area (Å²) in [6.07, 6.45) is 0. The smallest absolute Gasteiger partial charge is 0.335 e. The minimum atomic E-state index is -1.03. The van der Waals surface area contributed by atoms with Crippen molar-refractivity contribution in [3.63, 3.8) is 0 Å². The number of rotatable bonds is 3. The highest BCUT2D eigenvalue weighted by Gasteiger charge is 2.43. The first-order valence-corrected chi connectivity index (χ1v) is 10.1. The molecule has 3 aromatic carbocycles. The zero-order chi connectivity index (χ0) is 22.4. The van der Waals surface area contributed by atoms with Crippen molar-refractivity contribution in [3.05, 3.63) is 99.6 Å². The van der Waals surface area contributed by atoms with Crippen LogP contribution in [0.4, 0.5) is 15.8 Å². The normalized spacial score (nSPS) is 18.8. The molecule has 0 saturated carbocycles. The highest BCUT2D eigenvalue weighted by Crippen LogP contribution is 2.45. The molecule has 2 atom stereocenters. The summed E-state index contributed by atoms with van der Waals surface area (Å²) >= 11 is 6.28. The number of carboxylic acids is 1. The zero-order valence-corrected chi connectivity index (χ0v) is 17.3. The van der Waals surface area contributed by atoms with Crippen molar-refractivity contribution in [2.75, 3.05) is 11.6 Å². The van der Waals surface area contributed by atoms with Gasteiger partial charge in [-0.3, -0.25) is 5.01 Å². The molecule has 0 spiro atoms. The van der Waals surface area contributed by atoms with Gasteiger partial charge in [-0.1, -0.05) is 29.8 Å². The summed E-state index contributed by atoms with van der Waals surface area (Å²) < 4.78 is 19.5. The molecule has 6 nitrogen and oxygen atoms in total. The summed E-state index contributed by atoms with van der Waals surface area (Å²) in [7, 11) is 0. The third-order valence-electron chi connectivity index (χ3n) is 5.66. The topological polar surface area (TPSA) is 66.5 Å². The fraction of sp³-hybridized carbons (Fsp3) is 0.125. The summed E-state index contributed by atoms with van der Waals surface area (Å²) in [5.41, 5.74) is 3.46. The fourth-order valence-corrected chi connectivity index (χ4v) is 4.36. The molecule has 158 valence electrons. The van der Waals surface area contributed by atoms with Gasteiger partial charge in [-0.15, -0.1) is 0 Å². The standard InChI is InChI=1S/C24H15ClFN3O3/c1-27-20-9-7-16(11-19(20)25)29-23(13-2-5-15(26)6-3-13)18-12-32-21-10-14(24(30)31)4-8-17(21)22(18)28-29/h2-11,18,23H,12H2,(H,30,31). The van der Waals surface area contributed by atoms with E-state index in [0.29, 0.717) is 27.7 Å². The first-order valence-electron chi connectivity index (χ1n) is 9.77. The zero-order valence-electron chi connectivity index (χ0n) is 16.5. The van der Waals surface area contributed by atoms with E-state index in [2.05, 4.69) is 4.85 Å². The summed E-state index contributed by atoms with van der Waals surface area (Å²) in [5.74, 6) is -1.09. The van der Waals surface area contributed by atoms with Gasteiger partial charge in [0, 0.05) is 10.6 Å². The van der Waals surface area contributed by atoms with Crippen molar-refractivity contribution >= 4 is 34.7 Å². The predicted molar refractivity (Wildman–Crippen MR) is 118 cm³/mol. The van der Waals surface area contributed by atoms with Crippen molar-refractivity contribution in [2.24, 2.45) is 11.0 Å². The summed E-state index contributed by atoms with van der Waals surface area (Å²) in [6, 6.07) is 15.7. The molecule has 0 radical (unpaired) electrons. The SMILES string of the molecule is [C-]#[N+]c1ccc(N2N=C3c4ccc(C(=O)O)cc4OCC3C2c2ccc(F)cc2)cc1Cl. The molecule has 2 unspecified atom stereocenters. The molecule has 8 heteroatoms. The van der Waals surface area contributed by atoms with Gasteiger partial charge in [0.25, 0.3) is 0 Å². The Kier molecular flexibility index (Phi) is 4.80. The Bertz CT molecular complexity index is 1320. The molecule has 5 rings (SSSR count). The third-order valence-corrected chi connectivity index (χ3v) is 5.96. The number of ether oxygens (including phenoxy) is 1. The van der Waals surface area contributed by atoms with Crippen LogP contribution in [0.2, 0.25) is 5.02 Å². The first-order chi connectivity index (χ1) is 15.5.